The topological polar surface area (TPSA) is 72.2 Å². The first-order chi connectivity index (χ1) is 7.97. The van der Waals surface area contributed by atoms with Gasteiger partial charge in [-0.1, -0.05) is 6.07 Å². The molecule has 0 spiro atoms. The van der Waals surface area contributed by atoms with Crippen LogP contribution in [0.3, 0.4) is 0 Å². The Labute approximate surface area is 113 Å². The lowest BCUT2D eigenvalue weighted by Crippen LogP contribution is -2.26. The highest BCUT2D eigenvalue weighted by Crippen LogP contribution is 2.15. The van der Waals surface area contributed by atoms with Crippen molar-refractivity contribution < 1.29 is 12.8 Å². The molecule has 0 atom stereocenters. The maximum absolute atomic E-state index is 13.5. The Balaban J connectivity index is 0.00000289. The second-order valence-corrected chi connectivity index (χ2v) is 5.56. The molecule has 0 radical (unpaired) electrons. The van der Waals surface area contributed by atoms with Gasteiger partial charge in [0.1, 0.15) is 10.7 Å². The zero-order valence-electron chi connectivity index (χ0n) is 10.1. The van der Waals surface area contributed by atoms with Crippen LogP contribution in [-0.4, -0.2) is 21.5 Å². The van der Waals surface area contributed by atoms with Gasteiger partial charge < -0.3 is 5.73 Å². The van der Waals surface area contributed by atoms with Crippen molar-refractivity contribution in [3.05, 3.63) is 29.6 Å². The van der Waals surface area contributed by atoms with Crippen LogP contribution in [0.5, 0.6) is 0 Å². The van der Waals surface area contributed by atoms with E-state index in [4.69, 9.17) is 5.73 Å². The Morgan fingerprint density at radius 1 is 1.33 bits per heavy atom. The average molecular weight is 297 g/mol. The van der Waals surface area contributed by atoms with Gasteiger partial charge in [0.05, 0.1) is 0 Å². The minimum absolute atomic E-state index is 0. The Hall–Kier alpha value is -0.690. The summed E-state index contributed by atoms with van der Waals surface area (Å²) in [6, 6.07) is 4.04. The molecular weight excluding hydrogens is 279 g/mol. The van der Waals surface area contributed by atoms with Crippen molar-refractivity contribution in [1.29, 1.82) is 0 Å². The number of unbranched alkanes of at least 4 members (excludes halogenated alkanes) is 1. The minimum Gasteiger partial charge on any atom is -0.330 e. The summed E-state index contributed by atoms with van der Waals surface area (Å²) in [5.41, 5.74) is 5.98. The van der Waals surface area contributed by atoms with Crippen LogP contribution in [0.1, 0.15) is 18.4 Å². The third-order valence-corrected chi connectivity index (χ3v) is 3.79. The van der Waals surface area contributed by atoms with Gasteiger partial charge in [-0.25, -0.2) is 17.5 Å². The Bertz CT molecular complexity index is 480. The fraction of sp³-hybridized carbons (Fsp3) is 0.455. The summed E-state index contributed by atoms with van der Waals surface area (Å²) < 4.78 is 39.3. The van der Waals surface area contributed by atoms with Gasteiger partial charge in [-0.3, -0.25) is 0 Å². The van der Waals surface area contributed by atoms with E-state index in [1.54, 1.807) is 13.0 Å². The highest BCUT2D eigenvalue weighted by molar-refractivity contribution is 7.89. The molecule has 1 rings (SSSR count). The third-order valence-electron chi connectivity index (χ3n) is 2.30. The summed E-state index contributed by atoms with van der Waals surface area (Å²) in [7, 11) is -3.75. The lowest BCUT2D eigenvalue weighted by molar-refractivity contribution is 0.554. The highest BCUT2D eigenvalue weighted by Gasteiger charge is 2.17. The molecule has 0 aliphatic rings. The van der Waals surface area contributed by atoms with Crippen molar-refractivity contribution in [2.24, 2.45) is 5.73 Å². The van der Waals surface area contributed by atoms with E-state index in [1.165, 1.54) is 12.1 Å². The zero-order chi connectivity index (χ0) is 12.9. The molecule has 7 heteroatoms. The molecule has 0 aromatic heterocycles. The second kappa shape index (κ2) is 7.68. The monoisotopic (exact) mass is 296 g/mol. The Morgan fingerprint density at radius 2 is 2.00 bits per heavy atom. The van der Waals surface area contributed by atoms with Crippen molar-refractivity contribution in [3.63, 3.8) is 0 Å². The molecule has 18 heavy (non-hydrogen) atoms. The minimum atomic E-state index is -3.75. The summed E-state index contributed by atoms with van der Waals surface area (Å²) in [6.07, 6.45) is 1.38. The van der Waals surface area contributed by atoms with Crippen LogP contribution in [0.15, 0.2) is 23.1 Å². The van der Waals surface area contributed by atoms with Crippen LogP contribution in [0.2, 0.25) is 0 Å². The highest BCUT2D eigenvalue weighted by atomic mass is 35.5. The maximum Gasteiger partial charge on any atom is 0.243 e. The van der Waals surface area contributed by atoms with Gasteiger partial charge in [-0.05, 0) is 44.0 Å². The number of nitrogens with one attached hydrogen (secondary N) is 1. The van der Waals surface area contributed by atoms with Gasteiger partial charge in [-0.2, -0.15) is 0 Å². The normalized spacial score (nSPS) is 11.1. The third kappa shape index (κ3) is 4.89. The van der Waals surface area contributed by atoms with Gasteiger partial charge in [-0.15, -0.1) is 12.4 Å². The average Bonchev–Trinajstić information content (AvgIpc) is 2.24. The Morgan fingerprint density at radius 3 is 2.56 bits per heavy atom. The number of hydrogen-bond donors (Lipinski definition) is 2. The second-order valence-electron chi connectivity index (χ2n) is 3.83. The van der Waals surface area contributed by atoms with E-state index < -0.39 is 15.8 Å². The number of rotatable bonds is 6. The van der Waals surface area contributed by atoms with E-state index in [-0.39, 0.29) is 23.8 Å². The molecule has 0 amide bonds. The molecule has 0 bridgehead atoms. The van der Waals surface area contributed by atoms with Crippen molar-refractivity contribution in [2.45, 2.75) is 24.7 Å². The van der Waals surface area contributed by atoms with Gasteiger partial charge in [0.15, 0.2) is 0 Å². The van der Waals surface area contributed by atoms with E-state index in [0.29, 0.717) is 18.5 Å². The summed E-state index contributed by atoms with van der Waals surface area (Å²) >= 11 is 0. The number of hydrogen-bond acceptors (Lipinski definition) is 3. The van der Waals surface area contributed by atoms with E-state index in [2.05, 4.69) is 4.72 Å². The Kier molecular flexibility index (Phi) is 7.39. The number of halogens is 2. The van der Waals surface area contributed by atoms with Gasteiger partial charge in [0.2, 0.25) is 10.0 Å². The molecule has 0 aliphatic heterocycles. The predicted molar refractivity (Wildman–Crippen MR) is 71.9 cm³/mol. The number of aryl methyl sites for hydroxylation is 1. The fourth-order valence-corrected chi connectivity index (χ4v) is 2.51. The molecular formula is C11H18ClFN2O2S. The smallest absolute Gasteiger partial charge is 0.243 e. The molecule has 4 nitrogen and oxygen atoms in total. The lowest BCUT2D eigenvalue weighted by atomic mass is 10.2. The first kappa shape index (κ1) is 17.3. The molecule has 0 saturated heterocycles. The summed E-state index contributed by atoms with van der Waals surface area (Å²) in [4.78, 5) is -0.309. The molecule has 0 saturated carbocycles. The van der Waals surface area contributed by atoms with Crippen LogP contribution in [-0.2, 0) is 10.0 Å². The van der Waals surface area contributed by atoms with Crippen LogP contribution in [0.25, 0.3) is 0 Å². The standard InChI is InChI=1S/C11H17FN2O2S.ClH/c1-9-4-5-11(10(12)8-9)17(15,16)14-7-3-2-6-13;/h4-5,8,14H,2-3,6-7,13H2,1H3;1H. The molecule has 3 N–H and O–H groups in total. The van der Waals surface area contributed by atoms with E-state index >= 15 is 0 Å². The van der Waals surface area contributed by atoms with E-state index in [0.717, 1.165) is 6.42 Å². The maximum atomic E-state index is 13.5. The van der Waals surface area contributed by atoms with Gasteiger partial charge in [0.25, 0.3) is 0 Å². The van der Waals surface area contributed by atoms with Crippen LogP contribution in [0.4, 0.5) is 4.39 Å². The van der Waals surface area contributed by atoms with Crippen molar-refractivity contribution in [3.8, 4) is 0 Å². The summed E-state index contributed by atoms with van der Waals surface area (Å²) in [6.45, 7) is 2.49. The number of nitrogens with two attached hydrogens (primary N) is 1. The van der Waals surface area contributed by atoms with Crippen LogP contribution < -0.4 is 10.5 Å². The van der Waals surface area contributed by atoms with Crippen molar-refractivity contribution in [1.82, 2.24) is 4.72 Å². The SMILES string of the molecule is Cc1ccc(S(=O)(=O)NCCCCN)c(F)c1.Cl. The van der Waals surface area contributed by atoms with Crippen LogP contribution in [0, 0.1) is 12.7 Å². The van der Waals surface area contributed by atoms with E-state index in [9.17, 15) is 12.8 Å². The van der Waals surface area contributed by atoms with Gasteiger partial charge in [0, 0.05) is 6.54 Å². The quantitative estimate of drug-likeness (QED) is 0.783. The molecule has 1 aromatic carbocycles. The van der Waals surface area contributed by atoms with Gasteiger partial charge >= 0.3 is 0 Å². The van der Waals surface area contributed by atoms with E-state index in [1.807, 2.05) is 0 Å². The molecule has 0 unspecified atom stereocenters. The molecule has 0 heterocycles. The lowest BCUT2D eigenvalue weighted by Gasteiger charge is -2.07. The largest absolute Gasteiger partial charge is 0.330 e. The van der Waals surface area contributed by atoms with Crippen molar-refractivity contribution in [2.75, 3.05) is 13.1 Å². The predicted octanol–water partition coefficient (Wildman–Crippen LogP) is 1.57. The molecule has 1 aromatic rings. The molecule has 0 aliphatic carbocycles. The molecule has 0 fully saturated rings. The van der Waals surface area contributed by atoms with Crippen LogP contribution >= 0.6 is 12.4 Å². The number of sulfonamides is 1. The summed E-state index contributed by atoms with van der Waals surface area (Å²) in [5.74, 6) is -0.726. The summed E-state index contributed by atoms with van der Waals surface area (Å²) in [5, 5.41) is 0. The molecule has 104 valence electrons. The number of benzene rings is 1. The fourth-order valence-electron chi connectivity index (χ4n) is 1.38. The first-order valence-corrected chi connectivity index (χ1v) is 6.91. The van der Waals surface area contributed by atoms with Crippen molar-refractivity contribution >= 4 is 22.4 Å². The zero-order valence-corrected chi connectivity index (χ0v) is 11.8. The first-order valence-electron chi connectivity index (χ1n) is 5.43.